The van der Waals surface area contributed by atoms with Crippen LogP contribution in [0.5, 0.6) is 0 Å². The second kappa shape index (κ2) is 5.35. The van der Waals surface area contributed by atoms with Crippen molar-refractivity contribution in [3.63, 3.8) is 0 Å². The average molecular weight is 376 g/mol. The van der Waals surface area contributed by atoms with Crippen LogP contribution in [0.15, 0.2) is 65.6 Å². The normalized spacial score (nSPS) is 20.7. The predicted molar refractivity (Wildman–Crippen MR) is 95.7 cm³/mol. The number of fused-ring (bicyclic) bond motifs is 2. The van der Waals surface area contributed by atoms with E-state index in [9.17, 15) is 0 Å². The highest BCUT2D eigenvalue weighted by atomic mass is 79.9. The fourth-order valence-corrected chi connectivity index (χ4v) is 5.61. The van der Waals surface area contributed by atoms with E-state index in [1.54, 1.807) is 0 Å². The van der Waals surface area contributed by atoms with Gasteiger partial charge in [-0.2, -0.15) is 0 Å². The molecule has 104 valence electrons. The summed E-state index contributed by atoms with van der Waals surface area (Å²) in [5.41, 5.74) is 2.73. The molecule has 4 rings (SSSR count). The van der Waals surface area contributed by atoms with Crippen LogP contribution in [0.25, 0.3) is 10.8 Å². The molecule has 0 bridgehead atoms. The Labute approximate surface area is 141 Å². The molecule has 0 saturated heterocycles. The zero-order valence-corrected chi connectivity index (χ0v) is 14.3. The summed E-state index contributed by atoms with van der Waals surface area (Å²) in [5.74, 6) is 0. The van der Waals surface area contributed by atoms with E-state index in [1.165, 1.54) is 26.8 Å². The maximum absolute atomic E-state index is 6.20. The van der Waals surface area contributed by atoms with Crippen molar-refractivity contribution in [1.82, 2.24) is 0 Å². The number of thioether (sulfide) groups is 1. The van der Waals surface area contributed by atoms with Crippen molar-refractivity contribution < 1.29 is 0 Å². The molecule has 0 amide bonds. The van der Waals surface area contributed by atoms with E-state index in [2.05, 4.69) is 70.5 Å². The minimum atomic E-state index is 0.336. The summed E-state index contributed by atoms with van der Waals surface area (Å²) in [5, 5.41) is 3.67. The molecular weight excluding hydrogens is 364 g/mol. The molecule has 0 N–H and O–H groups in total. The second-order valence-corrected chi connectivity index (χ2v) is 7.80. The molecule has 3 aromatic rings. The molecule has 21 heavy (non-hydrogen) atoms. The Morgan fingerprint density at radius 2 is 1.71 bits per heavy atom. The zero-order chi connectivity index (χ0) is 14.4. The molecule has 0 spiro atoms. The van der Waals surface area contributed by atoms with Gasteiger partial charge >= 0.3 is 0 Å². The second-order valence-electron chi connectivity index (χ2n) is 5.19. The fourth-order valence-electron chi connectivity index (χ4n) is 2.91. The number of hydrogen-bond acceptors (Lipinski definition) is 1. The summed E-state index contributed by atoms with van der Waals surface area (Å²) in [6.07, 6.45) is 0. The average Bonchev–Trinajstić information content (AvgIpc) is 2.84. The minimum absolute atomic E-state index is 0.336. The van der Waals surface area contributed by atoms with Gasteiger partial charge in [-0.1, -0.05) is 70.0 Å². The molecule has 0 nitrogen and oxygen atoms in total. The third kappa shape index (κ3) is 2.30. The van der Waals surface area contributed by atoms with Crippen LogP contribution in [0.4, 0.5) is 0 Å². The molecule has 0 aliphatic carbocycles. The summed E-state index contributed by atoms with van der Waals surface area (Å²) in [6, 6.07) is 21.2. The van der Waals surface area contributed by atoms with Gasteiger partial charge < -0.3 is 0 Å². The van der Waals surface area contributed by atoms with Crippen molar-refractivity contribution in [2.45, 2.75) is 15.0 Å². The van der Waals surface area contributed by atoms with E-state index in [-0.39, 0.29) is 0 Å². The van der Waals surface area contributed by atoms with Crippen LogP contribution in [0.1, 0.15) is 21.2 Å². The smallest absolute Gasteiger partial charge is 0.0569 e. The molecule has 1 aliphatic heterocycles. The van der Waals surface area contributed by atoms with E-state index in [4.69, 9.17) is 11.6 Å². The van der Waals surface area contributed by atoms with E-state index in [0.29, 0.717) is 10.1 Å². The number of halogens is 2. The van der Waals surface area contributed by atoms with Crippen LogP contribution < -0.4 is 0 Å². The topological polar surface area (TPSA) is 0 Å². The van der Waals surface area contributed by atoms with Crippen LogP contribution in [0, 0.1) is 0 Å². The monoisotopic (exact) mass is 374 g/mol. The van der Waals surface area contributed by atoms with Gasteiger partial charge in [0.1, 0.15) is 0 Å². The van der Waals surface area contributed by atoms with Crippen molar-refractivity contribution in [1.29, 1.82) is 0 Å². The van der Waals surface area contributed by atoms with Crippen molar-refractivity contribution in [3.05, 3.63) is 76.8 Å². The van der Waals surface area contributed by atoms with Crippen LogP contribution in [0.3, 0.4) is 0 Å². The number of rotatable bonds is 1. The molecule has 0 fully saturated rings. The third-order valence-corrected chi connectivity index (χ3v) is 6.93. The van der Waals surface area contributed by atoms with E-state index in [0.717, 1.165) is 5.02 Å². The molecule has 3 aromatic carbocycles. The number of benzene rings is 3. The summed E-state index contributed by atoms with van der Waals surface area (Å²) < 4.78 is 0. The lowest BCUT2D eigenvalue weighted by atomic mass is 9.98. The lowest BCUT2D eigenvalue weighted by Gasteiger charge is -2.17. The summed E-state index contributed by atoms with van der Waals surface area (Å²) >= 11 is 12.0. The van der Waals surface area contributed by atoms with E-state index < -0.39 is 0 Å². The Bertz CT molecular complexity index is 830. The highest BCUT2D eigenvalue weighted by Gasteiger charge is 2.33. The fraction of sp³-hybridized carbons (Fsp3) is 0.111. The molecule has 1 heterocycles. The molecule has 2 unspecified atom stereocenters. The first-order chi connectivity index (χ1) is 10.2. The molecule has 2 atom stereocenters. The van der Waals surface area contributed by atoms with Crippen LogP contribution in [-0.4, -0.2) is 0 Å². The molecular formula is C18H12BrClS. The molecule has 0 saturated carbocycles. The van der Waals surface area contributed by atoms with Gasteiger partial charge in [0.2, 0.25) is 0 Å². The highest BCUT2D eigenvalue weighted by molar-refractivity contribution is 9.09. The van der Waals surface area contributed by atoms with Gasteiger partial charge in [-0.15, -0.1) is 11.8 Å². The van der Waals surface area contributed by atoms with Crippen LogP contribution in [0.2, 0.25) is 5.02 Å². The van der Waals surface area contributed by atoms with Gasteiger partial charge in [0, 0.05) is 9.92 Å². The van der Waals surface area contributed by atoms with Crippen molar-refractivity contribution in [2.75, 3.05) is 0 Å². The van der Waals surface area contributed by atoms with E-state index >= 15 is 0 Å². The first-order valence-electron chi connectivity index (χ1n) is 6.82. The number of hydrogen-bond donors (Lipinski definition) is 0. The molecule has 0 radical (unpaired) electrons. The van der Waals surface area contributed by atoms with Crippen molar-refractivity contribution >= 4 is 50.1 Å². The van der Waals surface area contributed by atoms with Gasteiger partial charge in [0.15, 0.2) is 0 Å². The number of alkyl halides is 1. The zero-order valence-electron chi connectivity index (χ0n) is 11.1. The molecule has 3 heteroatoms. The Hall–Kier alpha value is -0.960. The summed E-state index contributed by atoms with van der Waals surface area (Å²) in [4.78, 5) is 1.70. The van der Waals surface area contributed by atoms with Crippen molar-refractivity contribution in [2.24, 2.45) is 0 Å². The molecule has 1 aliphatic rings. The Morgan fingerprint density at radius 3 is 2.57 bits per heavy atom. The first-order valence-corrected chi connectivity index (χ1v) is 8.99. The maximum Gasteiger partial charge on any atom is 0.0569 e. The Morgan fingerprint density at radius 1 is 0.905 bits per heavy atom. The van der Waals surface area contributed by atoms with Crippen molar-refractivity contribution in [3.8, 4) is 0 Å². The third-order valence-electron chi connectivity index (χ3n) is 3.92. The van der Waals surface area contributed by atoms with E-state index in [1.807, 2.05) is 17.8 Å². The van der Waals surface area contributed by atoms with Gasteiger partial charge in [-0.25, -0.2) is 0 Å². The Balaban J connectivity index is 1.87. The van der Waals surface area contributed by atoms with Gasteiger partial charge in [0.05, 0.1) is 10.1 Å². The SMILES string of the molecule is Clc1ccc2cccc(C3Sc4ccccc4C3Br)c2c1. The summed E-state index contributed by atoms with van der Waals surface area (Å²) in [6.45, 7) is 0. The lowest BCUT2D eigenvalue weighted by molar-refractivity contribution is 0.947. The first kappa shape index (κ1) is 13.7. The van der Waals surface area contributed by atoms with Crippen LogP contribution in [-0.2, 0) is 0 Å². The maximum atomic E-state index is 6.20. The minimum Gasteiger partial charge on any atom is -0.116 e. The summed E-state index contributed by atoms with van der Waals surface area (Å²) in [7, 11) is 0. The predicted octanol–water partition coefficient (Wildman–Crippen LogP) is 6.78. The van der Waals surface area contributed by atoms with Gasteiger partial charge in [-0.05, 0) is 40.1 Å². The highest BCUT2D eigenvalue weighted by Crippen LogP contribution is 2.57. The molecule has 0 aromatic heterocycles. The lowest BCUT2D eigenvalue weighted by Crippen LogP contribution is -1.97. The largest absolute Gasteiger partial charge is 0.116 e. The van der Waals surface area contributed by atoms with Gasteiger partial charge in [-0.3, -0.25) is 0 Å². The Kier molecular flexibility index (Phi) is 3.49. The quantitative estimate of drug-likeness (QED) is 0.423. The standard InChI is InChI=1S/C18H12BrClS/c19-17-14-5-1-2-7-16(14)21-18(17)13-6-3-4-11-8-9-12(20)10-15(11)13/h1-10,17-18H. The van der Waals surface area contributed by atoms with Gasteiger partial charge in [0.25, 0.3) is 0 Å². The van der Waals surface area contributed by atoms with Crippen LogP contribution >= 0.6 is 39.3 Å².